The van der Waals surface area contributed by atoms with Gasteiger partial charge in [-0.25, -0.2) is 0 Å². The van der Waals surface area contributed by atoms with Crippen molar-refractivity contribution in [3.63, 3.8) is 0 Å². The first-order valence-electron chi connectivity index (χ1n) is 11.4. The Balaban J connectivity index is 1.43. The van der Waals surface area contributed by atoms with E-state index in [0.717, 1.165) is 66.7 Å². The Bertz CT molecular complexity index is 961. The van der Waals surface area contributed by atoms with Crippen molar-refractivity contribution in [2.75, 3.05) is 5.32 Å². The first-order valence-corrected chi connectivity index (χ1v) is 11.4. The Labute approximate surface area is 171 Å². The van der Waals surface area contributed by atoms with Crippen molar-refractivity contribution >= 4 is 5.82 Å². The number of aromatic hydroxyl groups is 1. The summed E-state index contributed by atoms with van der Waals surface area (Å²) in [4.78, 5) is 0. The number of phenolic OH excluding ortho intramolecular Hbond substituents is 1. The molecule has 0 amide bonds. The van der Waals surface area contributed by atoms with E-state index in [2.05, 4.69) is 21.6 Å². The van der Waals surface area contributed by atoms with E-state index in [1.54, 1.807) is 0 Å². The molecule has 2 fully saturated rings. The summed E-state index contributed by atoms with van der Waals surface area (Å²) in [6, 6.07) is 4.71. The van der Waals surface area contributed by atoms with Crippen LogP contribution in [0.2, 0.25) is 0 Å². The van der Waals surface area contributed by atoms with Crippen molar-refractivity contribution in [3.8, 4) is 17.0 Å². The number of hydrogen-bond acceptors (Lipinski definition) is 5. The number of ether oxygens (including phenoxy) is 1. The lowest BCUT2D eigenvalue weighted by atomic mass is 9.91. The lowest BCUT2D eigenvalue weighted by Gasteiger charge is -2.30. The summed E-state index contributed by atoms with van der Waals surface area (Å²) >= 11 is 0. The molecular formula is C24H29N3O2. The summed E-state index contributed by atoms with van der Waals surface area (Å²) in [5, 5.41) is 24.0. The van der Waals surface area contributed by atoms with E-state index in [-0.39, 0.29) is 5.60 Å². The minimum atomic E-state index is -0.000755. The second kappa shape index (κ2) is 6.69. The van der Waals surface area contributed by atoms with Gasteiger partial charge in [-0.3, -0.25) is 0 Å². The third kappa shape index (κ3) is 3.02. The highest BCUT2D eigenvalue weighted by atomic mass is 16.5. The van der Waals surface area contributed by atoms with Crippen LogP contribution in [0, 0.1) is 0 Å². The highest BCUT2D eigenvalue weighted by Crippen LogP contribution is 2.50. The molecule has 2 aromatic rings. The largest absolute Gasteiger partial charge is 0.507 e. The van der Waals surface area contributed by atoms with Crippen molar-refractivity contribution in [2.24, 2.45) is 0 Å². The maximum absolute atomic E-state index is 11.0. The van der Waals surface area contributed by atoms with Crippen LogP contribution in [-0.2, 0) is 30.6 Å². The van der Waals surface area contributed by atoms with E-state index in [4.69, 9.17) is 4.74 Å². The van der Waals surface area contributed by atoms with Crippen molar-refractivity contribution in [2.45, 2.75) is 88.9 Å². The fourth-order valence-electron chi connectivity index (χ4n) is 5.52. The molecule has 1 aromatic heterocycles. The van der Waals surface area contributed by atoms with Crippen LogP contribution in [0.15, 0.2) is 12.1 Å². The zero-order chi connectivity index (χ0) is 19.4. The van der Waals surface area contributed by atoms with Gasteiger partial charge in [-0.15, -0.1) is 10.2 Å². The smallest absolute Gasteiger partial charge is 0.154 e. The number of anilines is 1. The van der Waals surface area contributed by atoms with Crippen LogP contribution in [-0.4, -0.2) is 26.9 Å². The van der Waals surface area contributed by atoms with E-state index < -0.39 is 0 Å². The van der Waals surface area contributed by atoms with Crippen LogP contribution in [0.3, 0.4) is 0 Å². The van der Waals surface area contributed by atoms with Crippen LogP contribution in [0.4, 0.5) is 5.82 Å². The zero-order valence-corrected chi connectivity index (χ0v) is 17.0. The maximum atomic E-state index is 11.0. The van der Waals surface area contributed by atoms with Gasteiger partial charge in [0.15, 0.2) is 5.82 Å². The number of hydrogen-bond donors (Lipinski definition) is 2. The molecule has 29 heavy (non-hydrogen) atoms. The Morgan fingerprint density at radius 1 is 0.966 bits per heavy atom. The fourth-order valence-corrected chi connectivity index (χ4v) is 5.52. The second-order valence-electron chi connectivity index (χ2n) is 9.44. The molecule has 0 unspecified atom stereocenters. The van der Waals surface area contributed by atoms with Crippen LogP contribution in [0.5, 0.6) is 5.75 Å². The molecule has 6 rings (SSSR count). The van der Waals surface area contributed by atoms with E-state index >= 15 is 0 Å². The second-order valence-corrected chi connectivity index (χ2v) is 9.44. The van der Waals surface area contributed by atoms with Gasteiger partial charge in [0.2, 0.25) is 0 Å². The Kier molecular flexibility index (Phi) is 4.09. The predicted octanol–water partition coefficient (Wildman–Crippen LogP) is 4.69. The summed E-state index contributed by atoms with van der Waals surface area (Å²) in [7, 11) is 0. The topological polar surface area (TPSA) is 67.3 Å². The zero-order valence-electron chi connectivity index (χ0n) is 17.0. The molecular weight excluding hydrogens is 362 g/mol. The molecule has 1 spiro atoms. The molecule has 5 heteroatoms. The molecule has 4 aliphatic rings. The number of fused-ring (bicyclic) bond motifs is 2. The average Bonchev–Trinajstić information content (AvgIpc) is 3.30. The molecule has 152 valence electrons. The van der Waals surface area contributed by atoms with Crippen LogP contribution >= 0.6 is 0 Å². The minimum Gasteiger partial charge on any atom is -0.507 e. The molecule has 1 aliphatic heterocycles. The maximum Gasteiger partial charge on any atom is 0.154 e. The minimum absolute atomic E-state index is 0.000755. The third-order valence-electron chi connectivity index (χ3n) is 7.47. The number of benzene rings is 1. The molecule has 0 bridgehead atoms. The molecule has 5 nitrogen and oxygen atoms in total. The Morgan fingerprint density at radius 2 is 1.83 bits per heavy atom. The average molecular weight is 392 g/mol. The van der Waals surface area contributed by atoms with E-state index in [1.165, 1.54) is 43.2 Å². The lowest BCUT2D eigenvalue weighted by Crippen LogP contribution is -2.29. The van der Waals surface area contributed by atoms with Gasteiger partial charge in [0.1, 0.15) is 11.4 Å². The number of nitrogens with zero attached hydrogens (tertiary/aromatic N) is 2. The summed E-state index contributed by atoms with van der Waals surface area (Å²) < 4.78 is 6.26. The normalized spacial score (nSPS) is 22.3. The summed E-state index contributed by atoms with van der Waals surface area (Å²) in [6.45, 7) is 0.596. The fraction of sp³-hybridized carbons (Fsp3) is 0.583. The Hall–Kier alpha value is -2.14. The number of aromatic nitrogens is 2. The molecule has 2 N–H and O–H groups in total. The molecule has 0 radical (unpaired) electrons. The predicted molar refractivity (Wildman–Crippen MR) is 112 cm³/mol. The van der Waals surface area contributed by atoms with Crippen LogP contribution in [0.1, 0.15) is 73.6 Å². The number of aryl methyl sites for hydroxylation is 1. The van der Waals surface area contributed by atoms with Crippen molar-refractivity contribution in [1.29, 1.82) is 0 Å². The van der Waals surface area contributed by atoms with Crippen molar-refractivity contribution in [3.05, 3.63) is 34.4 Å². The van der Waals surface area contributed by atoms with Crippen molar-refractivity contribution < 1.29 is 9.84 Å². The number of nitrogens with one attached hydrogen (secondary N) is 1. The van der Waals surface area contributed by atoms with Crippen LogP contribution in [0.25, 0.3) is 11.3 Å². The highest BCUT2D eigenvalue weighted by Gasteiger charge is 2.48. The molecule has 3 aliphatic carbocycles. The standard InChI is InChI=1S/C24H29N3O2/c28-22-17-8-4-5-15(17)9-10-18(22)21-19-13-24(11-12-24)29-14-20(19)23(27-26-21)25-16-6-2-1-3-7-16/h9-10,16,28H,1-8,11-14H2,(H,25,27). The summed E-state index contributed by atoms with van der Waals surface area (Å²) in [6.07, 6.45) is 12.6. The van der Waals surface area contributed by atoms with Gasteiger partial charge in [-0.2, -0.15) is 0 Å². The van der Waals surface area contributed by atoms with Gasteiger partial charge in [-0.1, -0.05) is 25.3 Å². The molecule has 2 heterocycles. The molecule has 1 aromatic carbocycles. The van der Waals surface area contributed by atoms with E-state index in [1.807, 2.05) is 6.07 Å². The van der Waals surface area contributed by atoms with E-state index in [0.29, 0.717) is 18.4 Å². The van der Waals surface area contributed by atoms with Gasteiger partial charge in [-0.05, 0) is 67.7 Å². The van der Waals surface area contributed by atoms with Gasteiger partial charge in [0.05, 0.1) is 12.2 Å². The summed E-state index contributed by atoms with van der Waals surface area (Å²) in [5.74, 6) is 1.31. The van der Waals surface area contributed by atoms with Gasteiger partial charge >= 0.3 is 0 Å². The SMILES string of the molecule is Oc1c(-c2nnc(NC3CCCCC3)c3c2CC2(CC2)OC3)ccc2c1CCC2. The lowest BCUT2D eigenvalue weighted by molar-refractivity contribution is 0.00831. The van der Waals surface area contributed by atoms with Crippen molar-refractivity contribution in [1.82, 2.24) is 10.2 Å². The van der Waals surface area contributed by atoms with Gasteiger partial charge in [0.25, 0.3) is 0 Å². The van der Waals surface area contributed by atoms with Gasteiger partial charge in [0, 0.05) is 23.6 Å². The Morgan fingerprint density at radius 3 is 2.66 bits per heavy atom. The molecule has 0 saturated heterocycles. The molecule has 0 atom stereocenters. The quantitative estimate of drug-likeness (QED) is 0.795. The summed E-state index contributed by atoms with van der Waals surface area (Å²) in [5.41, 5.74) is 6.47. The van der Waals surface area contributed by atoms with Crippen LogP contribution < -0.4 is 5.32 Å². The number of phenols is 1. The molecule has 2 saturated carbocycles. The third-order valence-corrected chi connectivity index (χ3v) is 7.47. The van der Waals surface area contributed by atoms with E-state index in [9.17, 15) is 5.11 Å². The van der Waals surface area contributed by atoms with Gasteiger partial charge < -0.3 is 15.2 Å². The first-order chi connectivity index (χ1) is 14.2. The highest BCUT2D eigenvalue weighted by molar-refractivity contribution is 5.75. The monoisotopic (exact) mass is 391 g/mol. The number of rotatable bonds is 3. The first kappa shape index (κ1) is 17.7.